The van der Waals surface area contributed by atoms with E-state index in [-0.39, 0.29) is 10.8 Å². The van der Waals surface area contributed by atoms with Crippen molar-refractivity contribution in [2.24, 2.45) is 0 Å². The third-order valence-corrected chi connectivity index (χ3v) is 7.97. The Morgan fingerprint density at radius 1 is 1.11 bits per heavy atom. The van der Waals surface area contributed by atoms with Gasteiger partial charge in [-0.25, -0.2) is 13.1 Å². The molecule has 1 saturated heterocycles. The van der Waals surface area contributed by atoms with E-state index in [0.29, 0.717) is 29.8 Å². The van der Waals surface area contributed by atoms with Crippen molar-refractivity contribution in [3.8, 4) is 5.75 Å². The Hall–Kier alpha value is -2.46. The van der Waals surface area contributed by atoms with E-state index >= 15 is 0 Å². The first-order chi connectivity index (χ1) is 16.7. The maximum absolute atomic E-state index is 13.2. The lowest BCUT2D eigenvalue weighted by Gasteiger charge is -2.38. The molecule has 1 fully saturated rings. The highest BCUT2D eigenvalue weighted by Crippen LogP contribution is 2.40. The summed E-state index contributed by atoms with van der Waals surface area (Å²) in [6, 6.07) is 11.6. The Balaban J connectivity index is 1.50. The summed E-state index contributed by atoms with van der Waals surface area (Å²) >= 11 is 0. The topological polar surface area (TPSA) is 97.0 Å². The van der Waals surface area contributed by atoms with Gasteiger partial charge in [-0.15, -0.1) is 0 Å². The molecule has 1 amide bonds. The summed E-state index contributed by atoms with van der Waals surface area (Å²) in [6.45, 7) is 10.3. The van der Waals surface area contributed by atoms with Crippen molar-refractivity contribution in [1.29, 1.82) is 0 Å². The van der Waals surface area contributed by atoms with Crippen LogP contribution in [0.15, 0.2) is 47.4 Å². The molecule has 0 spiro atoms. The average molecular weight is 502 g/mol. The molecule has 0 bridgehead atoms. The molecule has 0 unspecified atom stereocenters. The fourth-order valence-corrected chi connectivity index (χ4v) is 5.73. The van der Waals surface area contributed by atoms with Gasteiger partial charge in [0.15, 0.2) is 0 Å². The Morgan fingerprint density at radius 2 is 1.83 bits per heavy atom. The van der Waals surface area contributed by atoms with Crippen LogP contribution in [0.5, 0.6) is 5.75 Å². The fraction of sp³-hybridized carbons (Fsp3) is 0.500. The summed E-state index contributed by atoms with van der Waals surface area (Å²) in [4.78, 5) is 15.3. The van der Waals surface area contributed by atoms with Gasteiger partial charge in [0.1, 0.15) is 11.4 Å². The Morgan fingerprint density at radius 3 is 2.51 bits per heavy atom. The zero-order valence-electron chi connectivity index (χ0n) is 20.7. The third kappa shape index (κ3) is 6.41. The standard InChI is InChI=1S/C26H35N3O5S/c1-4-19-5-8-21(9-6-19)35(31,32)28-23-18-26(2,3)34-24-10-7-20(17-22(23)24)25(30)27-11-12-29-13-15-33-16-14-29/h5-10,17,23,28H,4,11-16,18H2,1-3H3,(H,27,30)/t23-/m0/s1. The number of fused-ring (bicyclic) bond motifs is 1. The summed E-state index contributed by atoms with van der Waals surface area (Å²) in [6.07, 6.45) is 1.28. The normalized spacial score (nSPS) is 20.0. The minimum atomic E-state index is -3.76. The first kappa shape index (κ1) is 25.6. The highest BCUT2D eigenvalue weighted by atomic mass is 32.2. The molecule has 0 radical (unpaired) electrons. The third-order valence-electron chi connectivity index (χ3n) is 6.49. The second-order valence-electron chi connectivity index (χ2n) is 9.70. The van der Waals surface area contributed by atoms with E-state index in [1.54, 1.807) is 30.3 Å². The number of hydrogen-bond acceptors (Lipinski definition) is 6. The maximum atomic E-state index is 13.2. The number of carbonyl (C=O) groups is 1. The van der Waals surface area contributed by atoms with Crippen LogP contribution in [0.25, 0.3) is 0 Å². The molecular weight excluding hydrogens is 466 g/mol. The second kappa shape index (κ2) is 10.7. The monoisotopic (exact) mass is 501 g/mol. The number of nitrogens with zero attached hydrogens (tertiary/aromatic N) is 1. The van der Waals surface area contributed by atoms with Crippen LogP contribution in [-0.2, 0) is 21.2 Å². The lowest BCUT2D eigenvalue weighted by Crippen LogP contribution is -2.42. The van der Waals surface area contributed by atoms with Crippen molar-refractivity contribution < 1.29 is 22.7 Å². The van der Waals surface area contributed by atoms with E-state index in [9.17, 15) is 13.2 Å². The zero-order chi connectivity index (χ0) is 25.1. The molecule has 2 heterocycles. The number of hydrogen-bond donors (Lipinski definition) is 2. The van der Waals surface area contributed by atoms with Gasteiger partial charge in [0.2, 0.25) is 10.0 Å². The van der Waals surface area contributed by atoms with Gasteiger partial charge >= 0.3 is 0 Å². The number of aryl methyl sites for hydroxylation is 1. The van der Waals surface area contributed by atoms with Crippen LogP contribution in [0.1, 0.15) is 54.7 Å². The first-order valence-corrected chi connectivity index (χ1v) is 13.7. The summed E-state index contributed by atoms with van der Waals surface area (Å²) in [5, 5.41) is 2.97. The van der Waals surface area contributed by atoms with Crippen molar-refractivity contribution in [3.63, 3.8) is 0 Å². The quantitative estimate of drug-likeness (QED) is 0.577. The van der Waals surface area contributed by atoms with Crippen LogP contribution in [0.3, 0.4) is 0 Å². The van der Waals surface area contributed by atoms with Gasteiger partial charge in [0.05, 0.1) is 24.2 Å². The zero-order valence-corrected chi connectivity index (χ0v) is 21.5. The maximum Gasteiger partial charge on any atom is 0.251 e. The summed E-state index contributed by atoms with van der Waals surface area (Å²) in [7, 11) is -3.76. The van der Waals surface area contributed by atoms with E-state index in [0.717, 1.165) is 44.8 Å². The number of carbonyl (C=O) groups excluding carboxylic acids is 1. The summed E-state index contributed by atoms with van der Waals surface area (Å²) < 4.78 is 40.7. The molecule has 2 aromatic rings. The molecule has 2 aliphatic rings. The van der Waals surface area contributed by atoms with Crippen LogP contribution >= 0.6 is 0 Å². The molecule has 8 nitrogen and oxygen atoms in total. The van der Waals surface area contributed by atoms with Gasteiger partial charge in [-0.2, -0.15) is 0 Å². The molecule has 35 heavy (non-hydrogen) atoms. The van der Waals surface area contributed by atoms with Crippen LogP contribution < -0.4 is 14.8 Å². The van der Waals surface area contributed by atoms with Gasteiger partial charge in [-0.3, -0.25) is 9.69 Å². The number of rotatable bonds is 8. The van der Waals surface area contributed by atoms with E-state index in [2.05, 4.69) is 14.9 Å². The molecule has 190 valence electrons. The number of morpholine rings is 1. The minimum absolute atomic E-state index is 0.192. The first-order valence-electron chi connectivity index (χ1n) is 12.2. The minimum Gasteiger partial charge on any atom is -0.487 e. The highest BCUT2D eigenvalue weighted by Gasteiger charge is 2.36. The molecule has 0 aliphatic carbocycles. The smallest absolute Gasteiger partial charge is 0.251 e. The van der Waals surface area contributed by atoms with Gasteiger partial charge in [0, 0.05) is 43.7 Å². The van der Waals surface area contributed by atoms with E-state index in [4.69, 9.17) is 9.47 Å². The second-order valence-corrected chi connectivity index (χ2v) is 11.4. The largest absolute Gasteiger partial charge is 0.487 e. The predicted octanol–water partition coefficient (Wildman–Crippen LogP) is 2.89. The molecule has 2 N–H and O–H groups in total. The summed E-state index contributed by atoms with van der Waals surface area (Å²) in [5.74, 6) is 0.391. The number of nitrogens with one attached hydrogen (secondary N) is 2. The predicted molar refractivity (Wildman–Crippen MR) is 134 cm³/mol. The van der Waals surface area contributed by atoms with Crippen molar-refractivity contribution in [1.82, 2.24) is 14.9 Å². The number of amides is 1. The number of ether oxygens (including phenoxy) is 2. The Kier molecular flexibility index (Phi) is 7.80. The Labute approximate surface area is 208 Å². The number of sulfonamides is 1. The average Bonchev–Trinajstić information content (AvgIpc) is 2.83. The molecule has 1 atom stereocenters. The molecule has 2 aliphatic heterocycles. The Bertz CT molecular complexity index is 1140. The fourth-order valence-electron chi connectivity index (χ4n) is 4.51. The highest BCUT2D eigenvalue weighted by molar-refractivity contribution is 7.89. The molecular formula is C26H35N3O5S. The van der Waals surface area contributed by atoms with E-state index in [1.807, 2.05) is 32.9 Å². The van der Waals surface area contributed by atoms with E-state index < -0.39 is 21.7 Å². The molecule has 9 heteroatoms. The van der Waals surface area contributed by atoms with Gasteiger partial charge < -0.3 is 14.8 Å². The molecule has 0 saturated carbocycles. The van der Waals surface area contributed by atoms with Crippen molar-refractivity contribution in [2.45, 2.75) is 50.2 Å². The van der Waals surface area contributed by atoms with E-state index in [1.165, 1.54) is 0 Å². The molecule has 0 aromatic heterocycles. The van der Waals surface area contributed by atoms with Crippen LogP contribution in [0.4, 0.5) is 0 Å². The SMILES string of the molecule is CCc1ccc(S(=O)(=O)N[C@H]2CC(C)(C)Oc3ccc(C(=O)NCCN4CCOCC4)cc32)cc1. The lowest BCUT2D eigenvalue weighted by molar-refractivity contribution is 0.0383. The molecule has 2 aromatic carbocycles. The molecule has 4 rings (SSSR count). The van der Waals surface area contributed by atoms with Crippen molar-refractivity contribution in [2.75, 3.05) is 39.4 Å². The van der Waals surface area contributed by atoms with Gasteiger partial charge in [-0.1, -0.05) is 19.1 Å². The van der Waals surface area contributed by atoms with Crippen LogP contribution in [0, 0.1) is 0 Å². The van der Waals surface area contributed by atoms with Gasteiger partial charge in [0.25, 0.3) is 5.91 Å². The van der Waals surface area contributed by atoms with Crippen LogP contribution in [0.2, 0.25) is 0 Å². The van der Waals surface area contributed by atoms with Crippen molar-refractivity contribution >= 4 is 15.9 Å². The summed E-state index contributed by atoms with van der Waals surface area (Å²) in [5.41, 5.74) is 1.66. The van der Waals surface area contributed by atoms with Crippen LogP contribution in [-0.4, -0.2) is 64.2 Å². The number of benzene rings is 2. The van der Waals surface area contributed by atoms with Gasteiger partial charge in [-0.05, 0) is 56.2 Å². The van der Waals surface area contributed by atoms with Crippen molar-refractivity contribution in [3.05, 3.63) is 59.2 Å². The lowest BCUT2D eigenvalue weighted by atomic mass is 9.89.